The zero-order valence-electron chi connectivity index (χ0n) is 10.7. The summed E-state index contributed by atoms with van der Waals surface area (Å²) in [5.41, 5.74) is 7.30. The van der Waals surface area contributed by atoms with Crippen molar-refractivity contribution in [2.75, 3.05) is 6.54 Å². The first-order chi connectivity index (χ1) is 7.95. The van der Waals surface area contributed by atoms with Crippen LogP contribution in [0.15, 0.2) is 18.2 Å². The number of hydrogen-bond acceptors (Lipinski definition) is 2. The van der Waals surface area contributed by atoms with Crippen LogP contribution in [0, 0.1) is 24.6 Å². The van der Waals surface area contributed by atoms with Gasteiger partial charge in [0.2, 0.25) is 0 Å². The number of carbonyl (C=O) groups is 1. The highest BCUT2D eigenvalue weighted by Gasteiger charge is 2.21. The number of rotatable bonds is 5. The molecule has 0 heterocycles. The van der Waals surface area contributed by atoms with Gasteiger partial charge < -0.3 is 5.73 Å². The third-order valence-corrected chi connectivity index (χ3v) is 3.15. The molecule has 17 heavy (non-hydrogen) atoms. The van der Waals surface area contributed by atoms with Gasteiger partial charge in [-0.1, -0.05) is 19.9 Å². The number of halogens is 1. The topological polar surface area (TPSA) is 43.1 Å². The molecule has 2 N–H and O–H groups in total. The first-order valence-corrected chi connectivity index (χ1v) is 5.93. The van der Waals surface area contributed by atoms with Gasteiger partial charge in [-0.05, 0) is 36.1 Å². The minimum atomic E-state index is -0.299. The molecule has 0 radical (unpaired) electrons. The van der Waals surface area contributed by atoms with Gasteiger partial charge in [0.1, 0.15) is 11.6 Å². The smallest absolute Gasteiger partial charge is 0.141 e. The van der Waals surface area contributed by atoms with Gasteiger partial charge in [0.15, 0.2) is 0 Å². The first-order valence-electron chi connectivity index (χ1n) is 5.93. The summed E-state index contributed by atoms with van der Waals surface area (Å²) in [5.74, 6) is -0.123. The molecule has 0 aliphatic carbocycles. The van der Waals surface area contributed by atoms with Gasteiger partial charge in [0, 0.05) is 18.9 Å². The summed E-state index contributed by atoms with van der Waals surface area (Å²) in [5, 5.41) is 0. The molecule has 0 fully saturated rings. The van der Waals surface area contributed by atoms with Crippen LogP contribution in [0.2, 0.25) is 0 Å². The molecular weight excluding hydrogens is 217 g/mol. The van der Waals surface area contributed by atoms with Crippen LogP contribution in [0.5, 0.6) is 0 Å². The molecule has 1 unspecified atom stereocenters. The van der Waals surface area contributed by atoms with E-state index in [1.54, 1.807) is 6.07 Å². The fourth-order valence-electron chi connectivity index (χ4n) is 1.92. The zero-order valence-corrected chi connectivity index (χ0v) is 10.7. The number of Topliss-reactive ketones (excluding diaryl/α,β-unsaturated/α-hetero) is 1. The Hall–Kier alpha value is -1.22. The van der Waals surface area contributed by atoms with E-state index < -0.39 is 0 Å². The molecule has 94 valence electrons. The molecule has 3 heteroatoms. The lowest BCUT2D eigenvalue weighted by Crippen LogP contribution is -2.29. The van der Waals surface area contributed by atoms with Crippen molar-refractivity contribution in [3.8, 4) is 0 Å². The van der Waals surface area contributed by atoms with Crippen molar-refractivity contribution >= 4 is 5.78 Å². The minimum Gasteiger partial charge on any atom is -0.330 e. The molecule has 0 aliphatic rings. The maximum atomic E-state index is 13.1. The summed E-state index contributed by atoms with van der Waals surface area (Å²) in [6.07, 6.45) is 0.267. The van der Waals surface area contributed by atoms with Crippen molar-refractivity contribution in [3.05, 3.63) is 35.1 Å². The predicted octanol–water partition coefficient (Wildman–Crippen LogP) is 2.48. The molecule has 1 aromatic carbocycles. The standard InChI is InChI=1S/C14H20FNO/c1-9(2)13(8-16)14(17)7-11-6-12(15)5-4-10(11)3/h4-6,9,13H,7-8,16H2,1-3H3. The summed E-state index contributed by atoms with van der Waals surface area (Å²) >= 11 is 0. The van der Waals surface area contributed by atoms with Crippen LogP contribution in [-0.2, 0) is 11.2 Å². The maximum absolute atomic E-state index is 13.1. The Kier molecular flexibility index (Phi) is 4.82. The van der Waals surface area contributed by atoms with Crippen molar-refractivity contribution in [2.45, 2.75) is 27.2 Å². The van der Waals surface area contributed by atoms with E-state index in [2.05, 4.69) is 0 Å². The highest BCUT2D eigenvalue weighted by Crippen LogP contribution is 2.17. The third kappa shape index (κ3) is 3.63. The van der Waals surface area contributed by atoms with E-state index in [0.717, 1.165) is 11.1 Å². The number of carbonyl (C=O) groups excluding carboxylic acids is 1. The average molecular weight is 237 g/mol. The lowest BCUT2D eigenvalue weighted by atomic mass is 9.87. The van der Waals surface area contributed by atoms with Crippen molar-refractivity contribution in [3.63, 3.8) is 0 Å². The second kappa shape index (κ2) is 5.92. The minimum absolute atomic E-state index is 0.0937. The van der Waals surface area contributed by atoms with E-state index in [1.807, 2.05) is 20.8 Å². The predicted molar refractivity (Wildman–Crippen MR) is 67.2 cm³/mol. The molecule has 0 aliphatic heterocycles. The van der Waals surface area contributed by atoms with Gasteiger partial charge in [0.05, 0.1) is 0 Å². The number of aryl methyl sites for hydroxylation is 1. The molecule has 1 atom stereocenters. The fraction of sp³-hybridized carbons (Fsp3) is 0.500. The van der Waals surface area contributed by atoms with Crippen LogP contribution < -0.4 is 5.73 Å². The summed E-state index contributed by atoms with van der Waals surface area (Å²) < 4.78 is 13.1. The van der Waals surface area contributed by atoms with Crippen molar-refractivity contribution in [1.29, 1.82) is 0 Å². The van der Waals surface area contributed by atoms with Gasteiger partial charge in [0.25, 0.3) is 0 Å². The van der Waals surface area contributed by atoms with Crippen molar-refractivity contribution in [1.82, 2.24) is 0 Å². The van der Waals surface area contributed by atoms with Crippen molar-refractivity contribution in [2.24, 2.45) is 17.6 Å². The Balaban J connectivity index is 2.83. The number of ketones is 1. The van der Waals surface area contributed by atoms with Gasteiger partial charge in [-0.15, -0.1) is 0 Å². The monoisotopic (exact) mass is 237 g/mol. The van der Waals surface area contributed by atoms with Crippen LogP contribution in [0.4, 0.5) is 4.39 Å². The first kappa shape index (κ1) is 13.8. The summed E-state index contributed by atoms with van der Waals surface area (Å²) in [7, 11) is 0. The molecule has 0 saturated heterocycles. The van der Waals surface area contributed by atoms with Crippen LogP contribution in [0.1, 0.15) is 25.0 Å². The van der Waals surface area contributed by atoms with Gasteiger partial charge >= 0.3 is 0 Å². The third-order valence-electron chi connectivity index (χ3n) is 3.15. The van der Waals surface area contributed by atoms with E-state index >= 15 is 0 Å². The largest absolute Gasteiger partial charge is 0.330 e. The second-order valence-electron chi connectivity index (χ2n) is 4.80. The molecule has 2 nitrogen and oxygen atoms in total. The summed E-state index contributed by atoms with van der Waals surface area (Å²) in [4.78, 5) is 12.0. The second-order valence-corrected chi connectivity index (χ2v) is 4.80. The highest BCUT2D eigenvalue weighted by atomic mass is 19.1. The van der Waals surface area contributed by atoms with Crippen LogP contribution in [0.25, 0.3) is 0 Å². The molecule has 0 aromatic heterocycles. The van der Waals surface area contributed by atoms with E-state index in [9.17, 15) is 9.18 Å². The van der Waals surface area contributed by atoms with Gasteiger partial charge in [-0.25, -0.2) is 4.39 Å². The summed E-state index contributed by atoms with van der Waals surface area (Å²) in [6, 6.07) is 4.54. The van der Waals surface area contributed by atoms with Crippen LogP contribution in [-0.4, -0.2) is 12.3 Å². The van der Waals surface area contributed by atoms with E-state index in [1.165, 1.54) is 12.1 Å². The Bertz CT molecular complexity index is 401. The molecule has 1 aromatic rings. The Labute approximate surface area is 102 Å². The van der Waals surface area contributed by atoms with E-state index in [4.69, 9.17) is 5.73 Å². The Morgan fingerprint density at radius 3 is 2.59 bits per heavy atom. The van der Waals surface area contributed by atoms with Crippen LogP contribution in [0.3, 0.4) is 0 Å². The number of benzene rings is 1. The molecule has 0 saturated carbocycles. The normalized spacial score (nSPS) is 12.8. The van der Waals surface area contributed by atoms with Crippen LogP contribution >= 0.6 is 0 Å². The van der Waals surface area contributed by atoms with Gasteiger partial charge in [-0.2, -0.15) is 0 Å². The van der Waals surface area contributed by atoms with E-state index in [0.29, 0.717) is 6.54 Å². The summed E-state index contributed by atoms with van der Waals surface area (Å²) in [6.45, 7) is 6.20. The molecule has 1 rings (SSSR count). The maximum Gasteiger partial charge on any atom is 0.141 e. The Morgan fingerprint density at radius 1 is 1.41 bits per heavy atom. The number of nitrogens with two attached hydrogens (primary N) is 1. The van der Waals surface area contributed by atoms with E-state index in [-0.39, 0.29) is 29.9 Å². The average Bonchev–Trinajstić information content (AvgIpc) is 2.24. The lowest BCUT2D eigenvalue weighted by Gasteiger charge is -2.18. The fourth-order valence-corrected chi connectivity index (χ4v) is 1.92. The SMILES string of the molecule is Cc1ccc(F)cc1CC(=O)C(CN)C(C)C. The van der Waals surface area contributed by atoms with Crippen molar-refractivity contribution < 1.29 is 9.18 Å². The lowest BCUT2D eigenvalue weighted by molar-refractivity contribution is -0.123. The van der Waals surface area contributed by atoms with Gasteiger partial charge in [-0.3, -0.25) is 4.79 Å². The molecule has 0 amide bonds. The highest BCUT2D eigenvalue weighted by molar-refractivity contribution is 5.84. The molecule has 0 spiro atoms. The zero-order chi connectivity index (χ0) is 13.0. The quantitative estimate of drug-likeness (QED) is 0.855. The Morgan fingerprint density at radius 2 is 2.06 bits per heavy atom. The molecular formula is C14H20FNO. The molecule has 0 bridgehead atoms. The number of hydrogen-bond donors (Lipinski definition) is 1.